The summed E-state index contributed by atoms with van der Waals surface area (Å²) in [6.07, 6.45) is 2.23. The van der Waals surface area contributed by atoms with Crippen LogP contribution in [0.5, 0.6) is 0 Å². The topological polar surface area (TPSA) is 52.9 Å². The molecule has 3 aromatic carbocycles. The van der Waals surface area contributed by atoms with Crippen LogP contribution in [0.4, 0.5) is 5.69 Å². The molecule has 0 aromatic heterocycles. The van der Waals surface area contributed by atoms with E-state index in [9.17, 15) is 10.1 Å². The van der Waals surface area contributed by atoms with Crippen molar-refractivity contribution in [2.24, 2.45) is 0 Å². The molecule has 0 unspecified atom stereocenters. The van der Waals surface area contributed by atoms with Crippen molar-refractivity contribution in [3.05, 3.63) is 106 Å². The minimum absolute atomic E-state index is 0.0467. The molecule has 0 aliphatic rings. The van der Waals surface area contributed by atoms with Gasteiger partial charge in [0.15, 0.2) is 0 Å². The number of amides is 1. The summed E-state index contributed by atoms with van der Waals surface area (Å²) in [4.78, 5) is 12.4. The Morgan fingerprint density at radius 3 is 2.26 bits per heavy atom. The number of hydrogen-bond donors (Lipinski definition) is 1. The molecule has 0 atom stereocenters. The molecule has 0 spiro atoms. The van der Waals surface area contributed by atoms with Crippen LogP contribution in [0, 0.1) is 11.3 Å². The highest BCUT2D eigenvalue weighted by Gasteiger charge is 2.11. The van der Waals surface area contributed by atoms with E-state index >= 15 is 0 Å². The summed E-state index contributed by atoms with van der Waals surface area (Å²) in [5.41, 5.74) is 3.49. The monoisotopic (exact) mass is 372 g/mol. The molecule has 3 aromatic rings. The summed E-state index contributed by atoms with van der Waals surface area (Å²) in [6.45, 7) is 0. The van der Waals surface area contributed by atoms with Crippen LogP contribution in [0.1, 0.15) is 16.7 Å². The van der Waals surface area contributed by atoms with Gasteiger partial charge in [-0.2, -0.15) is 5.26 Å². The van der Waals surface area contributed by atoms with Gasteiger partial charge in [-0.25, -0.2) is 0 Å². The summed E-state index contributed by atoms with van der Waals surface area (Å²) in [5.74, 6) is -0.434. The number of nitriles is 1. The molecule has 0 bridgehead atoms. The molecule has 0 aliphatic heterocycles. The number of nitrogens with zero attached hydrogens (tertiary/aromatic N) is 1. The van der Waals surface area contributed by atoms with Crippen molar-refractivity contribution >= 4 is 29.3 Å². The third-order valence-corrected chi connectivity index (χ3v) is 4.46. The Morgan fingerprint density at radius 2 is 1.56 bits per heavy atom. The summed E-state index contributed by atoms with van der Waals surface area (Å²) in [7, 11) is 0. The third kappa shape index (κ3) is 4.84. The molecule has 1 N–H and O–H groups in total. The maximum absolute atomic E-state index is 12.4. The van der Waals surface area contributed by atoms with E-state index in [2.05, 4.69) is 5.32 Å². The summed E-state index contributed by atoms with van der Waals surface area (Å²) < 4.78 is 0. The first-order valence-corrected chi connectivity index (χ1v) is 8.84. The lowest BCUT2D eigenvalue weighted by Gasteiger charge is -2.09. The Bertz CT molecular complexity index is 1020. The normalized spacial score (nSPS) is 10.9. The summed E-state index contributed by atoms with van der Waals surface area (Å²) in [6, 6.07) is 26.4. The van der Waals surface area contributed by atoms with Gasteiger partial charge in [0.05, 0.1) is 0 Å². The molecule has 132 valence electrons. The van der Waals surface area contributed by atoms with E-state index in [1.165, 1.54) is 0 Å². The van der Waals surface area contributed by atoms with Gasteiger partial charge < -0.3 is 5.32 Å². The van der Waals surface area contributed by atoms with Crippen molar-refractivity contribution in [1.29, 1.82) is 5.26 Å². The quantitative estimate of drug-likeness (QED) is 0.476. The number of carbonyl (C=O) groups is 1. The molecule has 0 radical (unpaired) electrons. The Morgan fingerprint density at radius 1 is 0.926 bits per heavy atom. The average molecular weight is 373 g/mol. The SMILES string of the molecule is N#C/C(=C\c1ccccc1Cc1ccccc1Cl)C(=O)Nc1ccccc1. The highest BCUT2D eigenvalue weighted by molar-refractivity contribution is 6.31. The lowest BCUT2D eigenvalue weighted by molar-refractivity contribution is -0.112. The molecular weight excluding hydrogens is 356 g/mol. The zero-order valence-corrected chi connectivity index (χ0v) is 15.3. The minimum atomic E-state index is -0.434. The summed E-state index contributed by atoms with van der Waals surface area (Å²) >= 11 is 6.27. The average Bonchev–Trinajstić information content (AvgIpc) is 2.69. The molecule has 0 saturated heterocycles. The van der Waals surface area contributed by atoms with Crippen molar-refractivity contribution in [2.45, 2.75) is 6.42 Å². The predicted octanol–water partition coefficient (Wildman–Crippen LogP) is 5.48. The maximum Gasteiger partial charge on any atom is 0.266 e. The zero-order valence-electron chi connectivity index (χ0n) is 14.5. The molecule has 0 saturated carbocycles. The van der Waals surface area contributed by atoms with E-state index in [1.54, 1.807) is 18.2 Å². The number of carbonyl (C=O) groups excluding carboxylic acids is 1. The molecule has 3 rings (SSSR count). The lowest BCUT2D eigenvalue weighted by atomic mass is 9.98. The van der Waals surface area contributed by atoms with Gasteiger partial charge in [-0.15, -0.1) is 0 Å². The second-order valence-corrected chi connectivity index (χ2v) is 6.36. The number of anilines is 1. The van der Waals surface area contributed by atoms with E-state index in [-0.39, 0.29) is 5.57 Å². The summed E-state index contributed by atoms with van der Waals surface area (Å²) in [5, 5.41) is 12.9. The highest BCUT2D eigenvalue weighted by Crippen LogP contribution is 2.22. The van der Waals surface area contributed by atoms with Crippen LogP contribution in [0.15, 0.2) is 84.4 Å². The number of hydrogen-bond acceptors (Lipinski definition) is 2. The first-order chi connectivity index (χ1) is 13.2. The molecule has 3 nitrogen and oxygen atoms in total. The second-order valence-electron chi connectivity index (χ2n) is 5.96. The molecule has 27 heavy (non-hydrogen) atoms. The van der Waals surface area contributed by atoms with E-state index in [0.29, 0.717) is 17.1 Å². The number of benzene rings is 3. The Kier molecular flexibility index (Phi) is 6.04. The van der Waals surface area contributed by atoms with Gasteiger partial charge in [0.25, 0.3) is 5.91 Å². The molecule has 0 heterocycles. The van der Waals surface area contributed by atoms with E-state index in [4.69, 9.17) is 11.6 Å². The van der Waals surface area contributed by atoms with Gasteiger partial charge in [0.1, 0.15) is 11.6 Å². The van der Waals surface area contributed by atoms with Crippen LogP contribution < -0.4 is 5.32 Å². The number of rotatable bonds is 5. The van der Waals surface area contributed by atoms with Crippen molar-refractivity contribution in [1.82, 2.24) is 0 Å². The van der Waals surface area contributed by atoms with Crippen LogP contribution in [0.2, 0.25) is 5.02 Å². The van der Waals surface area contributed by atoms with Gasteiger partial charge in [-0.1, -0.05) is 72.3 Å². The fourth-order valence-corrected chi connectivity index (χ4v) is 2.91. The third-order valence-electron chi connectivity index (χ3n) is 4.09. The van der Waals surface area contributed by atoms with E-state index in [0.717, 1.165) is 16.7 Å². The van der Waals surface area contributed by atoms with Crippen LogP contribution in [-0.2, 0) is 11.2 Å². The van der Waals surface area contributed by atoms with Crippen molar-refractivity contribution in [2.75, 3.05) is 5.32 Å². The predicted molar refractivity (Wildman–Crippen MR) is 109 cm³/mol. The van der Waals surface area contributed by atoms with Crippen LogP contribution in [0.3, 0.4) is 0 Å². The van der Waals surface area contributed by atoms with Gasteiger partial charge in [0.2, 0.25) is 0 Å². The molecular formula is C23H17ClN2O. The molecule has 0 aliphatic carbocycles. The fourth-order valence-electron chi connectivity index (χ4n) is 2.71. The standard InChI is InChI=1S/C23H17ClN2O/c24-22-13-7-6-10-19(22)14-17-8-4-5-9-18(17)15-20(16-25)23(27)26-21-11-2-1-3-12-21/h1-13,15H,14H2,(H,26,27)/b20-15+. The largest absolute Gasteiger partial charge is 0.321 e. The Labute approximate surface area is 163 Å². The Hall–Kier alpha value is -3.35. The van der Waals surface area contributed by atoms with Gasteiger partial charge in [-0.05, 0) is 47.4 Å². The van der Waals surface area contributed by atoms with Crippen LogP contribution >= 0.6 is 11.6 Å². The minimum Gasteiger partial charge on any atom is -0.321 e. The van der Waals surface area contributed by atoms with Crippen LogP contribution in [-0.4, -0.2) is 5.91 Å². The number of halogens is 1. The number of para-hydroxylation sites is 1. The van der Waals surface area contributed by atoms with E-state index < -0.39 is 5.91 Å². The van der Waals surface area contributed by atoms with Crippen molar-refractivity contribution in [3.63, 3.8) is 0 Å². The number of nitrogens with one attached hydrogen (secondary N) is 1. The van der Waals surface area contributed by atoms with Gasteiger partial charge >= 0.3 is 0 Å². The van der Waals surface area contributed by atoms with Crippen LogP contribution in [0.25, 0.3) is 6.08 Å². The smallest absolute Gasteiger partial charge is 0.266 e. The van der Waals surface area contributed by atoms with Crippen molar-refractivity contribution in [3.8, 4) is 6.07 Å². The zero-order chi connectivity index (χ0) is 19.1. The Balaban J connectivity index is 1.88. The van der Waals surface area contributed by atoms with Gasteiger partial charge in [0, 0.05) is 10.7 Å². The highest BCUT2D eigenvalue weighted by atomic mass is 35.5. The molecule has 4 heteroatoms. The van der Waals surface area contributed by atoms with Gasteiger partial charge in [-0.3, -0.25) is 4.79 Å². The fraction of sp³-hybridized carbons (Fsp3) is 0.0435. The first-order valence-electron chi connectivity index (χ1n) is 8.47. The first kappa shape index (κ1) is 18.4. The maximum atomic E-state index is 12.4. The van der Waals surface area contributed by atoms with Crippen molar-refractivity contribution < 1.29 is 4.79 Å². The molecule has 0 fully saturated rings. The molecule has 1 amide bonds. The lowest BCUT2D eigenvalue weighted by Crippen LogP contribution is -2.13. The van der Waals surface area contributed by atoms with E-state index in [1.807, 2.05) is 72.8 Å². The second kappa shape index (κ2) is 8.84.